The summed E-state index contributed by atoms with van der Waals surface area (Å²) in [6.45, 7) is 0.333. The summed E-state index contributed by atoms with van der Waals surface area (Å²) in [5.41, 5.74) is 0.533. The molecule has 0 fully saturated rings. The van der Waals surface area contributed by atoms with Crippen LogP contribution in [0.4, 0.5) is 0 Å². The number of hydrogen-bond donors (Lipinski definition) is 2. The lowest BCUT2D eigenvalue weighted by molar-refractivity contribution is -0.133. The first-order valence-electron chi connectivity index (χ1n) is 5.05. The number of aliphatic carboxylic acids is 1. The topological polar surface area (TPSA) is 101 Å². The number of pyridine rings is 1. The fourth-order valence-electron chi connectivity index (χ4n) is 1.35. The number of nitrogens with one attached hydrogen (secondary N) is 1. The number of thioether (sulfide) groups is 1. The SMILES string of the molecule is O=C(O)CSc1n[nH]c(=O)n1Cc1ccncc1. The molecule has 0 saturated heterocycles. The van der Waals surface area contributed by atoms with Crippen LogP contribution in [0.3, 0.4) is 0 Å². The molecule has 0 radical (unpaired) electrons. The lowest BCUT2D eigenvalue weighted by Gasteiger charge is -2.04. The lowest BCUT2D eigenvalue weighted by atomic mass is 10.3. The molecule has 0 atom stereocenters. The van der Waals surface area contributed by atoms with E-state index >= 15 is 0 Å². The molecule has 0 bridgehead atoms. The molecule has 0 unspecified atom stereocenters. The number of hydrogen-bond acceptors (Lipinski definition) is 5. The number of H-pyrrole nitrogens is 1. The minimum absolute atomic E-state index is 0.138. The highest BCUT2D eigenvalue weighted by molar-refractivity contribution is 7.99. The van der Waals surface area contributed by atoms with Crippen LogP contribution in [-0.2, 0) is 11.3 Å². The van der Waals surface area contributed by atoms with Gasteiger partial charge in [0.2, 0.25) is 0 Å². The van der Waals surface area contributed by atoms with Crippen LogP contribution in [0.5, 0.6) is 0 Å². The second-order valence-corrected chi connectivity index (χ2v) is 4.38. The molecule has 94 valence electrons. The van der Waals surface area contributed by atoms with Crippen molar-refractivity contribution in [3.8, 4) is 0 Å². The number of carbonyl (C=O) groups is 1. The quantitative estimate of drug-likeness (QED) is 0.749. The summed E-state index contributed by atoms with van der Waals surface area (Å²) in [6, 6.07) is 3.57. The normalized spacial score (nSPS) is 10.4. The molecular formula is C10H10N4O3S. The molecule has 0 aliphatic rings. The van der Waals surface area contributed by atoms with Crippen LogP contribution in [0.2, 0.25) is 0 Å². The zero-order valence-corrected chi connectivity index (χ0v) is 10.1. The Bertz CT molecular complexity index is 593. The van der Waals surface area contributed by atoms with Gasteiger partial charge in [0.1, 0.15) is 0 Å². The highest BCUT2D eigenvalue weighted by Gasteiger charge is 2.10. The van der Waals surface area contributed by atoms with E-state index in [4.69, 9.17) is 5.11 Å². The molecule has 2 N–H and O–H groups in total. The monoisotopic (exact) mass is 266 g/mol. The number of carboxylic acid groups (broad SMARTS) is 1. The molecule has 0 spiro atoms. The molecule has 2 rings (SSSR count). The van der Waals surface area contributed by atoms with Crippen molar-refractivity contribution in [2.75, 3.05) is 5.75 Å². The molecule has 7 nitrogen and oxygen atoms in total. The molecular weight excluding hydrogens is 256 g/mol. The number of nitrogens with zero attached hydrogens (tertiary/aromatic N) is 3. The van der Waals surface area contributed by atoms with Crippen molar-refractivity contribution in [2.45, 2.75) is 11.7 Å². The minimum atomic E-state index is -0.953. The standard InChI is InChI=1S/C10H10N4O3S/c15-8(16)6-18-10-13-12-9(17)14(10)5-7-1-3-11-4-2-7/h1-4H,5-6H2,(H,12,17)(H,15,16). The number of aromatic nitrogens is 4. The highest BCUT2D eigenvalue weighted by atomic mass is 32.2. The average molecular weight is 266 g/mol. The molecule has 18 heavy (non-hydrogen) atoms. The Hall–Kier alpha value is -2.09. The van der Waals surface area contributed by atoms with Crippen molar-refractivity contribution < 1.29 is 9.90 Å². The minimum Gasteiger partial charge on any atom is -0.481 e. The van der Waals surface area contributed by atoms with Crippen LogP contribution in [0.25, 0.3) is 0 Å². The van der Waals surface area contributed by atoms with Gasteiger partial charge in [0, 0.05) is 12.4 Å². The van der Waals surface area contributed by atoms with E-state index in [9.17, 15) is 9.59 Å². The summed E-state index contributed by atoms with van der Waals surface area (Å²) in [7, 11) is 0. The van der Waals surface area contributed by atoms with E-state index in [1.165, 1.54) is 4.57 Å². The van der Waals surface area contributed by atoms with E-state index in [1.807, 2.05) is 0 Å². The molecule has 2 heterocycles. The third kappa shape index (κ3) is 2.98. The van der Waals surface area contributed by atoms with Crippen LogP contribution in [0.1, 0.15) is 5.56 Å². The Morgan fingerprint density at radius 3 is 2.83 bits per heavy atom. The molecule has 2 aromatic rings. The first-order chi connectivity index (χ1) is 8.66. The number of carboxylic acids is 1. The summed E-state index contributed by atoms with van der Waals surface area (Å²) in [5.74, 6) is -1.09. The van der Waals surface area contributed by atoms with E-state index in [0.717, 1.165) is 17.3 Å². The Morgan fingerprint density at radius 2 is 2.17 bits per heavy atom. The predicted molar refractivity (Wildman–Crippen MR) is 64.5 cm³/mol. The summed E-state index contributed by atoms with van der Waals surface area (Å²) in [6.07, 6.45) is 3.26. The van der Waals surface area contributed by atoms with Gasteiger partial charge in [-0.1, -0.05) is 11.8 Å². The van der Waals surface area contributed by atoms with Crippen molar-refractivity contribution in [3.63, 3.8) is 0 Å². The predicted octanol–water partition coefficient (Wildman–Crippen LogP) is 0.191. The lowest BCUT2D eigenvalue weighted by Crippen LogP contribution is -2.18. The number of aromatic amines is 1. The Kier molecular flexibility index (Phi) is 3.78. The van der Waals surface area contributed by atoms with Gasteiger partial charge in [-0.05, 0) is 17.7 Å². The maximum Gasteiger partial charge on any atom is 0.344 e. The Balaban J connectivity index is 2.19. The van der Waals surface area contributed by atoms with Crippen molar-refractivity contribution in [2.24, 2.45) is 0 Å². The smallest absolute Gasteiger partial charge is 0.344 e. The van der Waals surface area contributed by atoms with Gasteiger partial charge in [-0.25, -0.2) is 9.89 Å². The molecule has 8 heteroatoms. The number of rotatable bonds is 5. The van der Waals surface area contributed by atoms with Gasteiger partial charge >= 0.3 is 11.7 Å². The fraction of sp³-hybridized carbons (Fsp3) is 0.200. The van der Waals surface area contributed by atoms with E-state index in [1.54, 1.807) is 24.5 Å². The molecule has 0 aromatic carbocycles. The van der Waals surface area contributed by atoms with Gasteiger partial charge < -0.3 is 5.11 Å². The highest BCUT2D eigenvalue weighted by Crippen LogP contribution is 2.13. The van der Waals surface area contributed by atoms with Gasteiger partial charge in [-0.15, -0.1) is 5.10 Å². The fourth-order valence-corrected chi connectivity index (χ4v) is 2.02. The van der Waals surface area contributed by atoms with Gasteiger partial charge in [0.05, 0.1) is 12.3 Å². The third-order valence-corrected chi connectivity index (χ3v) is 3.10. The van der Waals surface area contributed by atoms with E-state index in [2.05, 4.69) is 15.2 Å². The van der Waals surface area contributed by atoms with Crippen LogP contribution in [-0.4, -0.2) is 36.6 Å². The first kappa shape index (κ1) is 12.4. The van der Waals surface area contributed by atoms with Crippen molar-refractivity contribution in [1.29, 1.82) is 0 Å². The Labute approximate surface area is 106 Å². The Morgan fingerprint density at radius 1 is 1.44 bits per heavy atom. The van der Waals surface area contributed by atoms with E-state index in [0.29, 0.717) is 11.7 Å². The van der Waals surface area contributed by atoms with Gasteiger partial charge in [-0.3, -0.25) is 14.3 Å². The second kappa shape index (κ2) is 5.50. The molecule has 0 amide bonds. The summed E-state index contributed by atoms with van der Waals surface area (Å²) in [4.78, 5) is 25.9. The van der Waals surface area contributed by atoms with Crippen LogP contribution < -0.4 is 5.69 Å². The third-order valence-electron chi connectivity index (χ3n) is 2.14. The molecule has 0 saturated carbocycles. The average Bonchev–Trinajstić information content (AvgIpc) is 2.70. The zero-order valence-electron chi connectivity index (χ0n) is 9.24. The summed E-state index contributed by atoms with van der Waals surface area (Å²) < 4.78 is 1.39. The van der Waals surface area contributed by atoms with Crippen molar-refractivity contribution in [3.05, 3.63) is 40.6 Å². The zero-order chi connectivity index (χ0) is 13.0. The van der Waals surface area contributed by atoms with Crippen molar-refractivity contribution >= 4 is 17.7 Å². The van der Waals surface area contributed by atoms with Crippen LogP contribution in [0.15, 0.2) is 34.5 Å². The van der Waals surface area contributed by atoms with Crippen molar-refractivity contribution in [1.82, 2.24) is 19.7 Å². The van der Waals surface area contributed by atoms with E-state index in [-0.39, 0.29) is 11.4 Å². The second-order valence-electron chi connectivity index (χ2n) is 3.44. The molecule has 0 aliphatic carbocycles. The largest absolute Gasteiger partial charge is 0.481 e. The van der Waals surface area contributed by atoms with Gasteiger partial charge in [0.25, 0.3) is 0 Å². The van der Waals surface area contributed by atoms with Gasteiger partial charge in [0.15, 0.2) is 5.16 Å². The molecule has 2 aromatic heterocycles. The van der Waals surface area contributed by atoms with Gasteiger partial charge in [-0.2, -0.15) is 0 Å². The molecule has 0 aliphatic heterocycles. The summed E-state index contributed by atoms with van der Waals surface area (Å²) in [5, 5.41) is 15.1. The maximum atomic E-state index is 11.6. The van der Waals surface area contributed by atoms with E-state index < -0.39 is 5.97 Å². The maximum absolute atomic E-state index is 11.6. The first-order valence-corrected chi connectivity index (χ1v) is 6.04. The van der Waals surface area contributed by atoms with Crippen LogP contribution >= 0.6 is 11.8 Å². The van der Waals surface area contributed by atoms with Crippen LogP contribution in [0, 0.1) is 0 Å². The summed E-state index contributed by atoms with van der Waals surface area (Å²) >= 11 is 1.00.